The van der Waals surface area contributed by atoms with Crippen molar-refractivity contribution >= 4 is 33.2 Å². The Morgan fingerprint density at radius 3 is 2.50 bits per heavy atom. The van der Waals surface area contributed by atoms with Gasteiger partial charge in [-0.1, -0.05) is 24.6 Å². The van der Waals surface area contributed by atoms with Gasteiger partial charge in [0.1, 0.15) is 0 Å². The quantitative estimate of drug-likeness (QED) is 0.738. The van der Waals surface area contributed by atoms with Crippen LogP contribution in [-0.2, 0) is 10.0 Å². The summed E-state index contributed by atoms with van der Waals surface area (Å²) in [6, 6.07) is 11.3. The fourth-order valence-corrected chi connectivity index (χ4v) is 4.91. The van der Waals surface area contributed by atoms with Crippen LogP contribution in [0.2, 0.25) is 5.02 Å². The number of nitrogens with zero attached hydrogens (tertiary/aromatic N) is 2. The van der Waals surface area contributed by atoms with Crippen molar-refractivity contribution in [2.45, 2.75) is 31.6 Å². The predicted octanol–water partition coefficient (Wildman–Crippen LogP) is 4.35. The van der Waals surface area contributed by atoms with Crippen LogP contribution in [0.1, 0.15) is 35.7 Å². The summed E-state index contributed by atoms with van der Waals surface area (Å²) in [4.78, 5) is 14.9. The highest BCUT2D eigenvalue weighted by atomic mass is 35.5. The molecule has 5 nitrogen and oxygen atoms in total. The summed E-state index contributed by atoms with van der Waals surface area (Å²) >= 11 is 5.87. The van der Waals surface area contributed by atoms with Gasteiger partial charge in [0.2, 0.25) is 0 Å². The number of carbonyl (C=O) groups excluding carboxylic acids is 1. The third kappa shape index (κ3) is 4.18. The summed E-state index contributed by atoms with van der Waals surface area (Å²) in [5.74, 6) is 0.431. The number of anilines is 1. The molecule has 2 aromatic rings. The highest BCUT2D eigenvalue weighted by molar-refractivity contribution is 7.92. The Bertz CT molecular complexity index is 974. The van der Waals surface area contributed by atoms with Crippen molar-refractivity contribution in [2.24, 2.45) is 5.92 Å². The standard InChI is InChI=1S/C21H25ClN2O3S/c1-15-5-4-12-24(14-15)21(25)17-7-6-16(2)20(13-17)23(3)28(26,27)19-10-8-18(22)9-11-19/h6-11,13,15H,4-5,12,14H2,1-3H3/t15-/m0/s1. The summed E-state index contributed by atoms with van der Waals surface area (Å²) < 4.78 is 27.2. The minimum atomic E-state index is -3.76. The fourth-order valence-electron chi connectivity index (χ4n) is 3.53. The van der Waals surface area contributed by atoms with Crippen molar-refractivity contribution in [2.75, 3.05) is 24.4 Å². The van der Waals surface area contributed by atoms with Gasteiger partial charge in [0.25, 0.3) is 15.9 Å². The molecular weight excluding hydrogens is 396 g/mol. The lowest BCUT2D eigenvalue weighted by molar-refractivity contribution is 0.0683. The van der Waals surface area contributed by atoms with Gasteiger partial charge in [-0.25, -0.2) is 8.42 Å². The Kier molecular flexibility index (Phi) is 6.01. The van der Waals surface area contributed by atoms with Gasteiger partial charge >= 0.3 is 0 Å². The van der Waals surface area contributed by atoms with Gasteiger partial charge in [-0.05, 0) is 67.6 Å². The molecule has 3 rings (SSSR count). The number of aryl methyl sites for hydroxylation is 1. The topological polar surface area (TPSA) is 57.7 Å². The summed E-state index contributed by atoms with van der Waals surface area (Å²) in [5, 5.41) is 0.473. The molecule has 0 aliphatic carbocycles. The van der Waals surface area contributed by atoms with Crippen LogP contribution in [0.4, 0.5) is 5.69 Å². The van der Waals surface area contributed by atoms with E-state index >= 15 is 0 Å². The van der Waals surface area contributed by atoms with E-state index in [0.29, 0.717) is 22.2 Å². The minimum absolute atomic E-state index is 0.0508. The third-order valence-corrected chi connectivity index (χ3v) is 7.25. The van der Waals surface area contributed by atoms with E-state index < -0.39 is 10.0 Å². The Morgan fingerprint density at radius 1 is 1.18 bits per heavy atom. The molecule has 0 radical (unpaired) electrons. The number of likely N-dealkylation sites (tertiary alicyclic amines) is 1. The van der Waals surface area contributed by atoms with E-state index in [0.717, 1.165) is 31.5 Å². The second-order valence-corrected chi connectivity index (χ2v) is 9.83. The number of hydrogen-bond donors (Lipinski definition) is 0. The lowest BCUT2D eigenvalue weighted by atomic mass is 9.99. The smallest absolute Gasteiger partial charge is 0.264 e. The molecule has 1 aliphatic heterocycles. The molecule has 0 bridgehead atoms. The number of benzene rings is 2. The first-order valence-electron chi connectivity index (χ1n) is 9.34. The number of piperidine rings is 1. The first-order chi connectivity index (χ1) is 13.2. The van der Waals surface area contributed by atoms with Gasteiger partial charge in [0.05, 0.1) is 10.6 Å². The molecule has 1 atom stereocenters. The largest absolute Gasteiger partial charge is 0.338 e. The molecular formula is C21H25ClN2O3S. The maximum Gasteiger partial charge on any atom is 0.264 e. The van der Waals surface area contributed by atoms with Crippen molar-refractivity contribution in [3.8, 4) is 0 Å². The minimum Gasteiger partial charge on any atom is -0.338 e. The van der Waals surface area contributed by atoms with Crippen molar-refractivity contribution in [1.82, 2.24) is 4.90 Å². The highest BCUT2D eigenvalue weighted by Crippen LogP contribution is 2.28. The molecule has 1 fully saturated rings. The summed E-state index contributed by atoms with van der Waals surface area (Å²) in [7, 11) is -2.25. The maximum atomic E-state index is 13.0. The fraction of sp³-hybridized carbons (Fsp3) is 0.381. The van der Waals surface area contributed by atoms with E-state index in [9.17, 15) is 13.2 Å². The second-order valence-electron chi connectivity index (χ2n) is 7.43. The summed E-state index contributed by atoms with van der Waals surface area (Å²) in [6.07, 6.45) is 2.13. The zero-order valence-corrected chi connectivity index (χ0v) is 17.9. The van der Waals surface area contributed by atoms with Crippen LogP contribution in [0.15, 0.2) is 47.4 Å². The monoisotopic (exact) mass is 420 g/mol. The van der Waals surface area contributed by atoms with Crippen molar-refractivity contribution in [3.63, 3.8) is 0 Å². The van der Waals surface area contributed by atoms with E-state index in [2.05, 4.69) is 6.92 Å². The zero-order valence-electron chi connectivity index (χ0n) is 16.4. The molecule has 0 N–H and O–H groups in total. The molecule has 1 amide bonds. The molecule has 1 saturated heterocycles. The molecule has 150 valence electrons. The molecule has 0 unspecified atom stereocenters. The summed E-state index contributed by atoms with van der Waals surface area (Å²) in [5.41, 5.74) is 1.78. The molecule has 1 aliphatic rings. The van der Waals surface area contributed by atoms with Crippen LogP contribution in [0.25, 0.3) is 0 Å². The number of carbonyl (C=O) groups is 1. The van der Waals surface area contributed by atoms with Crippen molar-refractivity contribution in [3.05, 3.63) is 58.6 Å². The highest BCUT2D eigenvalue weighted by Gasteiger charge is 2.26. The van der Waals surface area contributed by atoms with Gasteiger partial charge in [0.15, 0.2) is 0 Å². The van der Waals surface area contributed by atoms with E-state index in [1.807, 2.05) is 11.8 Å². The first-order valence-corrected chi connectivity index (χ1v) is 11.2. The van der Waals surface area contributed by atoms with Gasteiger partial charge in [-0.3, -0.25) is 9.10 Å². The number of halogens is 1. The predicted molar refractivity (Wildman–Crippen MR) is 113 cm³/mol. The number of sulfonamides is 1. The number of rotatable bonds is 4. The zero-order chi connectivity index (χ0) is 20.5. The average Bonchev–Trinajstić information content (AvgIpc) is 2.67. The Balaban J connectivity index is 1.92. The SMILES string of the molecule is Cc1ccc(C(=O)N2CCC[C@H](C)C2)cc1N(C)S(=O)(=O)c1ccc(Cl)cc1. The third-order valence-electron chi connectivity index (χ3n) is 5.21. The number of amides is 1. The molecule has 1 heterocycles. The summed E-state index contributed by atoms with van der Waals surface area (Å²) in [6.45, 7) is 5.46. The Morgan fingerprint density at radius 2 is 1.86 bits per heavy atom. The average molecular weight is 421 g/mol. The molecule has 28 heavy (non-hydrogen) atoms. The van der Waals surface area contributed by atoms with E-state index in [1.54, 1.807) is 30.3 Å². The molecule has 7 heteroatoms. The Labute approximate surface area is 172 Å². The number of hydrogen-bond acceptors (Lipinski definition) is 3. The van der Waals surface area contributed by atoms with Crippen LogP contribution in [-0.4, -0.2) is 39.4 Å². The van der Waals surface area contributed by atoms with E-state index in [4.69, 9.17) is 11.6 Å². The van der Waals surface area contributed by atoms with Gasteiger partial charge < -0.3 is 4.90 Å². The van der Waals surface area contributed by atoms with E-state index in [1.165, 1.54) is 23.5 Å². The van der Waals surface area contributed by atoms with Crippen LogP contribution < -0.4 is 4.31 Å². The lowest BCUT2D eigenvalue weighted by Gasteiger charge is -2.31. The van der Waals surface area contributed by atoms with Gasteiger partial charge in [-0.15, -0.1) is 0 Å². The van der Waals surface area contributed by atoms with Crippen LogP contribution >= 0.6 is 11.6 Å². The molecule has 0 saturated carbocycles. The first kappa shape index (κ1) is 20.7. The molecule has 2 aromatic carbocycles. The second kappa shape index (κ2) is 8.13. The molecule has 0 aromatic heterocycles. The maximum absolute atomic E-state index is 13.0. The van der Waals surface area contributed by atoms with Crippen LogP contribution in [0.5, 0.6) is 0 Å². The lowest BCUT2D eigenvalue weighted by Crippen LogP contribution is -2.39. The van der Waals surface area contributed by atoms with E-state index in [-0.39, 0.29) is 10.8 Å². The van der Waals surface area contributed by atoms with Crippen molar-refractivity contribution in [1.29, 1.82) is 0 Å². The molecule has 0 spiro atoms. The van der Waals surface area contributed by atoms with Crippen molar-refractivity contribution < 1.29 is 13.2 Å². The van der Waals surface area contributed by atoms with Gasteiger partial charge in [-0.2, -0.15) is 0 Å². The van der Waals surface area contributed by atoms with Crippen LogP contribution in [0, 0.1) is 12.8 Å². The normalized spacial score (nSPS) is 17.4. The Hall–Kier alpha value is -2.05. The van der Waals surface area contributed by atoms with Gasteiger partial charge in [0, 0.05) is 30.7 Å². The van der Waals surface area contributed by atoms with Crippen LogP contribution in [0.3, 0.4) is 0 Å².